The molecule has 68 heavy (non-hydrogen) atoms. The van der Waals surface area contributed by atoms with Gasteiger partial charge in [-0.3, -0.25) is 9.59 Å². The summed E-state index contributed by atoms with van der Waals surface area (Å²) in [4.78, 5) is 34.9. The minimum Gasteiger partial charge on any atom is -0.493 e. The van der Waals surface area contributed by atoms with Crippen LogP contribution in [-0.4, -0.2) is 38.9 Å². The standard InChI is InChI=1S/C62H54N2O4/c1-5-29-67-61-39-17-15-18-40(61)32-46-36-44(58-51-23-9-13-27-55(51)64(4)56-28-14-10-24-52(56)58)38-48(60(46)66)34-42-20-16-19-41(62(42)68-30-6-2)33-47-37-43(35-45(31-39)59(47)65)57-49-21-7-11-25-53(49)63(3)54-26-12-8-22-50(54)57/h7-28,35-38H,5-6,29-34H2,1-4H3. The highest BCUT2D eigenvalue weighted by Gasteiger charge is 2.33. The van der Waals surface area contributed by atoms with E-state index in [-0.39, 0.29) is 11.6 Å². The van der Waals surface area contributed by atoms with Gasteiger partial charge < -0.3 is 19.3 Å². The highest BCUT2D eigenvalue weighted by Crippen LogP contribution is 2.49. The van der Waals surface area contributed by atoms with E-state index in [0.717, 1.165) is 114 Å². The zero-order chi connectivity index (χ0) is 46.5. The summed E-state index contributed by atoms with van der Waals surface area (Å²) in [6.45, 7) is 5.21. The van der Waals surface area contributed by atoms with Crippen molar-refractivity contribution in [3.05, 3.63) is 236 Å². The Morgan fingerprint density at radius 3 is 0.956 bits per heavy atom. The molecule has 2 aliphatic heterocycles. The summed E-state index contributed by atoms with van der Waals surface area (Å²) < 4.78 is 13.5. The molecule has 0 fully saturated rings. The predicted molar refractivity (Wildman–Crippen MR) is 276 cm³/mol. The van der Waals surface area contributed by atoms with E-state index in [1.54, 1.807) is 0 Å². The molecule has 6 nitrogen and oxygen atoms in total. The fourth-order valence-corrected chi connectivity index (χ4v) is 10.8. The van der Waals surface area contributed by atoms with Gasteiger partial charge in [0.1, 0.15) is 11.5 Å². The van der Waals surface area contributed by atoms with E-state index in [1.807, 2.05) is 0 Å². The number of hydrogen-bond donors (Lipinski definition) is 0. The quantitative estimate of drug-likeness (QED) is 0.166. The second kappa shape index (κ2) is 17.8. The Balaban J connectivity index is 1.15. The number of ketones is 2. The molecule has 336 valence electrons. The number of Topliss-reactive ketones (excluding diaryl/α,β-unsaturated/α-hetero) is 2. The van der Waals surface area contributed by atoms with Crippen molar-refractivity contribution in [2.75, 3.05) is 37.1 Å². The van der Waals surface area contributed by atoms with E-state index < -0.39 is 0 Å². The summed E-state index contributed by atoms with van der Waals surface area (Å²) >= 11 is 0. The van der Waals surface area contributed by atoms with Gasteiger partial charge in [0.25, 0.3) is 0 Å². The molecule has 6 heteroatoms. The molecule has 0 radical (unpaired) electrons. The molecular formula is C62H54N2O4. The van der Waals surface area contributed by atoms with Crippen molar-refractivity contribution in [1.29, 1.82) is 0 Å². The van der Waals surface area contributed by atoms with Crippen LogP contribution in [0.1, 0.15) is 71.2 Å². The van der Waals surface area contributed by atoms with Crippen LogP contribution in [-0.2, 0) is 35.3 Å². The third kappa shape index (κ3) is 7.45. The lowest BCUT2D eigenvalue weighted by Gasteiger charge is -2.33. The first kappa shape index (κ1) is 42.9. The van der Waals surface area contributed by atoms with Crippen molar-refractivity contribution in [2.45, 2.75) is 52.4 Å². The molecular weight excluding hydrogens is 837 g/mol. The minimum atomic E-state index is 0.0158. The number of carbonyl (C=O) groups is 2. The number of fused-ring (bicyclic) bond motifs is 12. The van der Waals surface area contributed by atoms with Crippen LogP contribution in [0.4, 0.5) is 22.7 Å². The van der Waals surface area contributed by atoms with Crippen LogP contribution in [0.25, 0.3) is 11.1 Å². The number of allylic oxidation sites excluding steroid dienone is 10. The Kier molecular flexibility index (Phi) is 11.3. The summed E-state index contributed by atoms with van der Waals surface area (Å²) in [6, 6.07) is 46.6. The van der Waals surface area contributed by atoms with Crippen LogP contribution >= 0.6 is 0 Å². The molecule has 0 amide bonds. The lowest BCUT2D eigenvalue weighted by atomic mass is 9.79. The van der Waals surface area contributed by atoms with E-state index in [2.05, 4.69) is 196 Å². The Morgan fingerprint density at radius 1 is 0.397 bits per heavy atom. The second-order valence-corrected chi connectivity index (χ2v) is 18.4. The summed E-state index contributed by atoms with van der Waals surface area (Å²) in [6.07, 6.45) is 11.5. The highest BCUT2D eigenvalue weighted by molar-refractivity contribution is 6.14. The summed E-state index contributed by atoms with van der Waals surface area (Å²) in [7, 11) is 4.24. The number of anilines is 4. The lowest BCUT2D eigenvalue weighted by Crippen LogP contribution is -2.21. The van der Waals surface area contributed by atoms with E-state index in [1.165, 1.54) is 0 Å². The van der Waals surface area contributed by atoms with E-state index >= 15 is 9.59 Å². The molecule has 0 saturated heterocycles. The molecule has 0 N–H and O–H groups in total. The highest BCUT2D eigenvalue weighted by atomic mass is 16.5. The number of hydrogen-bond acceptors (Lipinski definition) is 6. The van der Waals surface area contributed by atoms with Gasteiger partial charge in [0, 0.05) is 118 Å². The maximum Gasteiger partial charge on any atom is 0.185 e. The van der Waals surface area contributed by atoms with E-state index in [0.29, 0.717) is 61.2 Å². The van der Waals surface area contributed by atoms with Gasteiger partial charge >= 0.3 is 0 Å². The molecule has 0 atom stereocenters. The van der Waals surface area contributed by atoms with E-state index in [4.69, 9.17) is 9.47 Å². The van der Waals surface area contributed by atoms with Crippen LogP contribution < -0.4 is 19.3 Å². The number of benzene rings is 6. The molecule has 6 aromatic carbocycles. The van der Waals surface area contributed by atoms with Gasteiger partial charge in [-0.1, -0.05) is 123 Å². The molecule has 6 aromatic rings. The first-order valence-electron chi connectivity index (χ1n) is 24.0. The maximum atomic E-state index is 15.2. The topological polar surface area (TPSA) is 59.1 Å². The second-order valence-electron chi connectivity index (χ2n) is 18.4. The smallest absolute Gasteiger partial charge is 0.185 e. The first-order valence-corrected chi connectivity index (χ1v) is 24.0. The van der Waals surface area contributed by atoms with E-state index in [9.17, 15) is 0 Å². The largest absolute Gasteiger partial charge is 0.493 e. The van der Waals surface area contributed by atoms with Crippen molar-refractivity contribution in [1.82, 2.24) is 0 Å². The normalized spacial score (nSPS) is 16.2. The average Bonchev–Trinajstić information content (AvgIpc) is 3.36. The summed E-state index contributed by atoms with van der Waals surface area (Å²) in [5, 5.41) is 0. The Hall–Kier alpha value is -7.70. The molecule has 2 heterocycles. The zero-order valence-corrected chi connectivity index (χ0v) is 39.2. The molecule has 0 unspecified atom stereocenters. The van der Waals surface area contributed by atoms with Gasteiger partial charge in [-0.2, -0.15) is 0 Å². The van der Waals surface area contributed by atoms with Crippen LogP contribution in [0.2, 0.25) is 0 Å². The van der Waals surface area contributed by atoms with Crippen LogP contribution in [0.15, 0.2) is 191 Å². The molecule has 0 aromatic heterocycles. The third-order valence-corrected chi connectivity index (χ3v) is 14.0. The zero-order valence-electron chi connectivity index (χ0n) is 39.2. The van der Waals surface area contributed by atoms with Crippen molar-refractivity contribution in [3.63, 3.8) is 0 Å². The van der Waals surface area contributed by atoms with Gasteiger partial charge in [0.2, 0.25) is 0 Å². The van der Waals surface area contributed by atoms with Gasteiger partial charge in [-0.05, 0) is 94.8 Å². The third-order valence-electron chi connectivity index (χ3n) is 14.0. The first-order chi connectivity index (χ1) is 33.3. The summed E-state index contributed by atoms with van der Waals surface area (Å²) in [5.41, 5.74) is 19.6. The minimum absolute atomic E-state index is 0.0158. The van der Waals surface area contributed by atoms with Crippen LogP contribution in [0.5, 0.6) is 11.5 Å². The van der Waals surface area contributed by atoms with Gasteiger partial charge in [-0.25, -0.2) is 0 Å². The fourth-order valence-electron chi connectivity index (χ4n) is 10.8. The van der Waals surface area contributed by atoms with Crippen LogP contribution in [0, 0.1) is 0 Å². The SMILES string of the molecule is CCCOc1c2cccc1CC1=CC(=C3c4ccccc4N(C)c4ccccc43)C=C(Cc3cccc(c3OCCC)CC3=CC(=C4c5ccccc5N(C)c5ccccc54)C=C(C2)C3=O)C1=O. The maximum absolute atomic E-state index is 15.2. The lowest BCUT2D eigenvalue weighted by molar-refractivity contribution is -0.113. The number of nitrogens with zero attached hydrogens (tertiary/aromatic N) is 2. The number of rotatable bonds is 6. The molecule has 8 bridgehead atoms. The Bertz CT molecular complexity index is 2870. The van der Waals surface area contributed by atoms with Crippen molar-refractivity contribution in [2.24, 2.45) is 0 Å². The Morgan fingerprint density at radius 2 is 0.676 bits per heavy atom. The van der Waals surface area contributed by atoms with Crippen LogP contribution in [0.3, 0.4) is 0 Å². The van der Waals surface area contributed by atoms with Crippen molar-refractivity contribution in [3.8, 4) is 11.5 Å². The van der Waals surface area contributed by atoms with Gasteiger partial charge in [-0.15, -0.1) is 0 Å². The molecule has 5 aliphatic rings. The summed E-state index contributed by atoms with van der Waals surface area (Å²) in [5.74, 6) is 1.51. The monoisotopic (exact) mass is 890 g/mol. The molecule has 11 rings (SSSR count). The molecule has 0 saturated carbocycles. The van der Waals surface area contributed by atoms with Crippen molar-refractivity contribution < 1.29 is 19.1 Å². The van der Waals surface area contributed by atoms with Crippen molar-refractivity contribution >= 4 is 45.5 Å². The molecule has 0 spiro atoms. The Labute approximate surface area is 399 Å². The number of carbonyl (C=O) groups excluding carboxylic acids is 2. The predicted octanol–water partition coefficient (Wildman–Crippen LogP) is 13.2. The van der Waals surface area contributed by atoms with Gasteiger partial charge in [0.05, 0.1) is 13.2 Å². The van der Waals surface area contributed by atoms with Gasteiger partial charge in [0.15, 0.2) is 11.6 Å². The number of ether oxygens (including phenoxy) is 2. The fraction of sp³-hybridized carbons (Fsp3) is 0.194. The molecule has 3 aliphatic carbocycles. The number of para-hydroxylation sites is 6. The average molecular weight is 891 g/mol.